The van der Waals surface area contributed by atoms with Gasteiger partial charge in [-0.3, -0.25) is 0 Å². The molecule has 0 spiro atoms. The van der Waals surface area contributed by atoms with Gasteiger partial charge in [-0.15, -0.1) is 0 Å². The van der Waals surface area contributed by atoms with Gasteiger partial charge in [0.2, 0.25) is 0 Å². The largest absolute Gasteiger partial charge is 0.0776 e. The summed E-state index contributed by atoms with van der Waals surface area (Å²) in [5, 5.41) is 0. The van der Waals surface area contributed by atoms with Crippen molar-refractivity contribution >= 4 is 5.57 Å². The lowest BCUT2D eigenvalue weighted by Gasteiger charge is -2.26. The summed E-state index contributed by atoms with van der Waals surface area (Å²) in [5.41, 5.74) is 6.13. The Balaban J connectivity index is 2.45. The highest BCUT2D eigenvalue weighted by Crippen LogP contribution is 2.38. The normalized spacial score (nSPS) is 24.0. The van der Waals surface area contributed by atoms with Crippen molar-refractivity contribution in [2.24, 2.45) is 17.8 Å². The molecule has 26 heavy (non-hydrogen) atoms. The summed E-state index contributed by atoms with van der Waals surface area (Å²) in [5.74, 6) is 2.85. The average Bonchev–Trinajstić information content (AvgIpc) is 2.71. The molecular formula is C26H42. The number of allylic oxidation sites excluding steroid dienone is 2. The minimum Gasteiger partial charge on any atom is -0.0776 e. The molecule has 0 nitrogen and oxygen atoms in total. The van der Waals surface area contributed by atoms with Gasteiger partial charge in [-0.25, -0.2) is 0 Å². The Hall–Kier alpha value is -1.04. The number of aryl methyl sites for hydroxylation is 1. The van der Waals surface area contributed by atoms with Crippen LogP contribution in [0, 0.1) is 24.7 Å². The highest BCUT2D eigenvalue weighted by Gasteiger charge is 2.22. The molecule has 146 valence electrons. The Bertz CT molecular complexity index is 578. The second kappa shape index (κ2) is 10.3. The summed E-state index contributed by atoms with van der Waals surface area (Å²) in [6.45, 7) is 14.1. The smallest absolute Gasteiger partial charge is 0.0156 e. The lowest BCUT2D eigenvalue weighted by molar-refractivity contribution is 0.416. The number of hydrogen-bond acceptors (Lipinski definition) is 0. The summed E-state index contributed by atoms with van der Waals surface area (Å²) in [6, 6.07) is 7.19. The van der Waals surface area contributed by atoms with E-state index < -0.39 is 0 Å². The zero-order chi connectivity index (χ0) is 19.1. The lowest BCUT2D eigenvalue weighted by Crippen LogP contribution is -2.11. The topological polar surface area (TPSA) is 0 Å². The molecule has 0 heteroatoms. The Morgan fingerprint density at radius 3 is 2.42 bits per heavy atom. The predicted octanol–water partition coefficient (Wildman–Crippen LogP) is 8.54. The van der Waals surface area contributed by atoms with Crippen LogP contribution in [0.15, 0.2) is 24.3 Å². The quantitative estimate of drug-likeness (QED) is 0.497. The van der Waals surface area contributed by atoms with Crippen LogP contribution in [0.3, 0.4) is 0 Å². The van der Waals surface area contributed by atoms with Crippen molar-refractivity contribution in [3.8, 4) is 0 Å². The van der Waals surface area contributed by atoms with Gasteiger partial charge >= 0.3 is 0 Å². The van der Waals surface area contributed by atoms with Crippen LogP contribution in [0.2, 0.25) is 0 Å². The molecule has 0 amide bonds. The monoisotopic (exact) mass is 354 g/mol. The van der Waals surface area contributed by atoms with E-state index in [0.717, 1.165) is 11.8 Å². The van der Waals surface area contributed by atoms with Crippen LogP contribution >= 0.6 is 0 Å². The van der Waals surface area contributed by atoms with Gasteiger partial charge in [0.05, 0.1) is 0 Å². The van der Waals surface area contributed by atoms with Crippen LogP contribution in [0.4, 0.5) is 0 Å². The molecule has 3 atom stereocenters. The molecule has 0 aromatic heterocycles. The third-order valence-electron chi connectivity index (χ3n) is 6.47. The second-order valence-corrected chi connectivity index (χ2v) is 9.27. The average molecular weight is 355 g/mol. The molecule has 1 aromatic rings. The SMILES string of the molecule is CCC(C)/C=C(\c1cc(C(C)C)ccc1C)C1CCCCCCC(C)C1. The summed E-state index contributed by atoms with van der Waals surface area (Å²) >= 11 is 0. The summed E-state index contributed by atoms with van der Waals surface area (Å²) < 4.78 is 0. The molecule has 0 aliphatic heterocycles. The van der Waals surface area contributed by atoms with Gasteiger partial charge in [-0.2, -0.15) is 0 Å². The molecule has 0 saturated heterocycles. The highest BCUT2D eigenvalue weighted by molar-refractivity contribution is 5.71. The maximum atomic E-state index is 2.63. The van der Waals surface area contributed by atoms with Crippen molar-refractivity contribution in [3.63, 3.8) is 0 Å². The van der Waals surface area contributed by atoms with Gasteiger partial charge < -0.3 is 0 Å². The van der Waals surface area contributed by atoms with Crippen LogP contribution < -0.4 is 0 Å². The molecule has 0 heterocycles. The Labute approximate surface area is 163 Å². The van der Waals surface area contributed by atoms with Gasteiger partial charge in [0, 0.05) is 0 Å². The van der Waals surface area contributed by atoms with Crippen LogP contribution in [-0.4, -0.2) is 0 Å². The summed E-state index contributed by atoms with van der Waals surface area (Å²) in [4.78, 5) is 0. The van der Waals surface area contributed by atoms with Crippen LogP contribution in [-0.2, 0) is 0 Å². The molecule has 1 fully saturated rings. The summed E-state index contributed by atoms with van der Waals surface area (Å²) in [6.07, 6.45) is 13.7. The Morgan fingerprint density at radius 1 is 1.08 bits per heavy atom. The van der Waals surface area contributed by atoms with Crippen LogP contribution in [0.25, 0.3) is 5.57 Å². The standard InChI is InChI=1S/C26H42/c1-7-20(4)17-26(24-13-11-9-8-10-12-21(5)16-24)25-18-23(19(2)3)15-14-22(25)6/h14-15,17-21,24H,7-13,16H2,1-6H3/b26-17-. The molecule has 0 N–H and O–H groups in total. The van der Waals surface area contributed by atoms with Gasteiger partial charge in [0.25, 0.3) is 0 Å². The maximum absolute atomic E-state index is 2.63. The predicted molar refractivity (Wildman–Crippen MR) is 118 cm³/mol. The third kappa shape index (κ3) is 6.00. The summed E-state index contributed by atoms with van der Waals surface area (Å²) in [7, 11) is 0. The fraction of sp³-hybridized carbons (Fsp3) is 0.692. The maximum Gasteiger partial charge on any atom is -0.0156 e. The number of benzene rings is 1. The van der Waals surface area contributed by atoms with Crippen molar-refractivity contribution in [3.05, 3.63) is 41.0 Å². The second-order valence-electron chi connectivity index (χ2n) is 9.27. The molecule has 1 aromatic carbocycles. The minimum atomic E-state index is 0.596. The van der Waals surface area contributed by atoms with E-state index in [0.29, 0.717) is 11.8 Å². The Kier molecular flexibility index (Phi) is 8.45. The van der Waals surface area contributed by atoms with E-state index in [-0.39, 0.29) is 0 Å². The van der Waals surface area contributed by atoms with Gasteiger partial charge in [0.15, 0.2) is 0 Å². The fourth-order valence-electron chi connectivity index (χ4n) is 4.42. The minimum absolute atomic E-state index is 0.596. The van der Waals surface area contributed by atoms with Crippen molar-refractivity contribution < 1.29 is 0 Å². The molecular weight excluding hydrogens is 312 g/mol. The van der Waals surface area contributed by atoms with Gasteiger partial charge in [-0.05, 0) is 65.7 Å². The van der Waals surface area contributed by atoms with E-state index >= 15 is 0 Å². The van der Waals surface area contributed by atoms with Crippen molar-refractivity contribution in [1.29, 1.82) is 0 Å². The fourth-order valence-corrected chi connectivity index (χ4v) is 4.42. The highest BCUT2D eigenvalue weighted by atomic mass is 14.3. The number of hydrogen-bond donors (Lipinski definition) is 0. The van der Waals surface area contributed by atoms with E-state index in [1.807, 2.05) is 0 Å². The number of rotatable bonds is 5. The van der Waals surface area contributed by atoms with Crippen LogP contribution in [0.5, 0.6) is 0 Å². The van der Waals surface area contributed by atoms with Crippen molar-refractivity contribution in [2.45, 2.75) is 98.8 Å². The Morgan fingerprint density at radius 2 is 1.77 bits per heavy atom. The lowest BCUT2D eigenvalue weighted by atomic mass is 9.79. The molecule has 1 saturated carbocycles. The third-order valence-corrected chi connectivity index (χ3v) is 6.47. The molecule has 0 radical (unpaired) electrons. The zero-order valence-corrected chi connectivity index (χ0v) is 18.3. The molecule has 1 aliphatic rings. The molecule has 3 unspecified atom stereocenters. The van der Waals surface area contributed by atoms with E-state index in [2.05, 4.69) is 65.8 Å². The van der Waals surface area contributed by atoms with Crippen molar-refractivity contribution in [1.82, 2.24) is 0 Å². The van der Waals surface area contributed by atoms with E-state index in [1.54, 1.807) is 5.57 Å². The first-order chi connectivity index (χ1) is 12.4. The van der Waals surface area contributed by atoms with Gasteiger partial charge in [-0.1, -0.05) is 97.4 Å². The zero-order valence-electron chi connectivity index (χ0n) is 18.3. The molecule has 0 bridgehead atoms. The van der Waals surface area contributed by atoms with Crippen LogP contribution in [0.1, 0.15) is 109 Å². The molecule has 1 aliphatic carbocycles. The van der Waals surface area contributed by atoms with Gasteiger partial charge in [0.1, 0.15) is 0 Å². The van der Waals surface area contributed by atoms with E-state index in [9.17, 15) is 0 Å². The van der Waals surface area contributed by atoms with E-state index in [4.69, 9.17) is 0 Å². The van der Waals surface area contributed by atoms with Crippen molar-refractivity contribution in [2.75, 3.05) is 0 Å². The first-order valence-corrected chi connectivity index (χ1v) is 11.2. The first kappa shape index (κ1) is 21.3. The van der Waals surface area contributed by atoms with E-state index in [1.165, 1.54) is 68.1 Å². The first-order valence-electron chi connectivity index (χ1n) is 11.2. The molecule has 2 rings (SSSR count).